The molecular formula is C16H13BrN4O2S2. The van der Waals surface area contributed by atoms with E-state index in [9.17, 15) is 4.79 Å². The zero-order chi connectivity index (χ0) is 18.0. The summed E-state index contributed by atoms with van der Waals surface area (Å²) in [4.78, 5) is 12.5. The summed E-state index contributed by atoms with van der Waals surface area (Å²) in [6, 6.07) is 9.00. The van der Waals surface area contributed by atoms with Gasteiger partial charge in [0.25, 0.3) is 5.91 Å². The van der Waals surface area contributed by atoms with E-state index in [0.717, 1.165) is 38.5 Å². The maximum Gasteiger partial charge on any atom is 0.261 e. The van der Waals surface area contributed by atoms with Crippen molar-refractivity contribution in [2.24, 2.45) is 0 Å². The Morgan fingerprint density at radius 3 is 2.84 bits per heavy atom. The van der Waals surface area contributed by atoms with Crippen LogP contribution in [-0.2, 0) is 0 Å². The smallest absolute Gasteiger partial charge is 0.261 e. The number of nitrogens with one attached hydrogen (secondary N) is 2. The number of hydrogen-bond donors (Lipinski definition) is 2. The number of anilines is 1. The lowest BCUT2D eigenvalue weighted by atomic mass is 10.1. The van der Waals surface area contributed by atoms with Gasteiger partial charge in [-0.15, -0.1) is 0 Å². The summed E-state index contributed by atoms with van der Waals surface area (Å²) in [5.41, 5.74) is 3.57. The second-order valence-corrected chi connectivity index (χ2v) is 6.99. The Bertz CT molecular complexity index is 974. The number of amides is 1. The van der Waals surface area contributed by atoms with Crippen molar-refractivity contribution in [1.29, 1.82) is 0 Å². The fourth-order valence-corrected chi connectivity index (χ4v) is 3.38. The van der Waals surface area contributed by atoms with Crippen LogP contribution in [0.5, 0.6) is 5.75 Å². The number of fused-ring (bicyclic) bond motifs is 1. The Morgan fingerprint density at radius 1 is 1.28 bits per heavy atom. The third-order valence-corrected chi connectivity index (χ3v) is 4.75. The third-order valence-electron chi connectivity index (χ3n) is 3.51. The number of rotatable bonds is 3. The van der Waals surface area contributed by atoms with E-state index in [2.05, 4.69) is 35.3 Å². The van der Waals surface area contributed by atoms with Crippen LogP contribution < -0.4 is 15.4 Å². The molecule has 6 nitrogen and oxygen atoms in total. The molecule has 0 atom stereocenters. The van der Waals surface area contributed by atoms with Gasteiger partial charge in [0.15, 0.2) is 5.11 Å². The summed E-state index contributed by atoms with van der Waals surface area (Å²) in [6.07, 6.45) is 0. The molecule has 0 radical (unpaired) electrons. The molecule has 25 heavy (non-hydrogen) atoms. The largest absolute Gasteiger partial charge is 0.496 e. The van der Waals surface area contributed by atoms with E-state index in [1.54, 1.807) is 18.2 Å². The number of hydrogen-bond acceptors (Lipinski definition) is 6. The van der Waals surface area contributed by atoms with E-state index in [0.29, 0.717) is 11.3 Å². The number of methoxy groups -OCH3 is 1. The number of aryl methyl sites for hydroxylation is 1. The first-order valence-electron chi connectivity index (χ1n) is 7.17. The van der Waals surface area contributed by atoms with Crippen molar-refractivity contribution >= 4 is 67.6 Å². The highest BCUT2D eigenvalue weighted by Gasteiger charge is 2.16. The van der Waals surface area contributed by atoms with Crippen LogP contribution in [0.15, 0.2) is 34.8 Å². The summed E-state index contributed by atoms with van der Waals surface area (Å²) in [7, 11) is 1.51. The van der Waals surface area contributed by atoms with Crippen LogP contribution in [0.1, 0.15) is 15.9 Å². The van der Waals surface area contributed by atoms with E-state index in [-0.39, 0.29) is 11.0 Å². The first-order chi connectivity index (χ1) is 12.0. The summed E-state index contributed by atoms with van der Waals surface area (Å²) < 4.78 is 14.5. The molecule has 0 fully saturated rings. The number of halogens is 1. The van der Waals surface area contributed by atoms with E-state index < -0.39 is 0 Å². The van der Waals surface area contributed by atoms with Gasteiger partial charge in [-0.1, -0.05) is 22.0 Å². The zero-order valence-corrected chi connectivity index (χ0v) is 16.5. The van der Waals surface area contributed by atoms with Gasteiger partial charge >= 0.3 is 0 Å². The topological polar surface area (TPSA) is 76.1 Å². The Balaban J connectivity index is 1.81. The number of benzene rings is 2. The Kier molecular flexibility index (Phi) is 5.26. The number of nitrogens with zero attached hydrogens (tertiary/aromatic N) is 2. The van der Waals surface area contributed by atoms with E-state index >= 15 is 0 Å². The molecule has 2 N–H and O–H groups in total. The fourth-order valence-electron chi connectivity index (χ4n) is 2.28. The van der Waals surface area contributed by atoms with Crippen molar-refractivity contribution in [2.75, 3.05) is 12.4 Å². The summed E-state index contributed by atoms with van der Waals surface area (Å²) in [5, 5.41) is 5.89. The minimum Gasteiger partial charge on any atom is -0.496 e. The quantitative estimate of drug-likeness (QED) is 0.606. The minimum atomic E-state index is -0.364. The molecule has 2 aromatic carbocycles. The van der Waals surface area contributed by atoms with Gasteiger partial charge in [0, 0.05) is 4.47 Å². The average molecular weight is 437 g/mol. The standard InChI is InChI=1S/C16H13BrN4O2S2/c1-8-3-5-11-14(21-25-20-11)13(8)18-16(24)19-15(22)10-7-9(17)4-6-12(10)23-2/h3-7H,1-2H3,(H2,18,19,22,24). The fraction of sp³-hybridized carbons (Fsp3) is 0.125. The average Bonchev–Trinajstić information content (AvgIpc) is 3.06. The molecule has 0 bridgehead atoms. The van der Waals surface area contributed by atoms with Gasteiger partial charge in [-0.05, 0) is 49.0 Å². The van der Waals surface area contributed by atoms with Gasteiger partial charge in [0.2, 0.25) is 0 Å². The van der Waals surface area contributed by atoms with Gasteiger partial charge in [-0.3, -0.25) is 10.1 Å². The van der Waals surface area contributed by atoms with Gasteiger partial charge in [-0.2, -0.15) is 8.75 Å². The first-order valence-corrected chi connectivity index (χ1v) is 9.10. The van der Waals surface area contributed by atoms with Crippen LogP contribution in [0.2, 0.25) is 0 Å². The SMILES string of the molecule is COc1ccc(Br)cc1C(=O)NC(=S)Nc1c(C)ccc2nsnc12. The van der Waals surface area contributed by atoms with Crippen LogP contribution in [0.4, 0.5) is 5.69 Å². The first kappa shape index (κ1) is 17.7. The molecule has 0 unspecified atom stereocenters. The molecule has 1 amide bonds. The summed E-state index contributed by atoms with van der Waals surface area (Å²) in [5.74, 6) is 0.0994. The number of ether oxygens (including phenoxy) is 1. The predicted octanol–water partition coefficient (Wildman–Crippen LogP) is 3.90. The Hall–Kier alpha value is -2.10. The molecule has 0 aliphatic carbocycles. The van der Waals surface area contributed by atoms with Crippen molar-refractivity contribution in [1.82, 2.24) is 14.1 Å². The van der Waals surface area contributed by atoms with Crippen LogP contribution in [0.3, 0.4) is 0 Å². The second kappa shape index (κ2) is 7.42. The predicted molar refractivity (Wildman–Crippen MR) is 107 cm³/mol. The molecule has 3 rings (SSSR count). The molecule has 0 aliphatic heterocycles. The van der Waals surface area contributed by atoms with E-state index in [1.165, 1.54) is 7.11 Å². The highest BCUT2D eigenvalue weighted by atomic mass is 79.9. The van der Waals surface area contributed by atoms with Gasteiger partial charge in [0.1, 0.15) is 16.8 Å². The van der Waals surface area contributed by atoms with Crippen LogP contribution in [-0.4, -0.2) is 26.9 Å². The molecule has 1 heterocycles. The Labute approximate surface area is 162 Å². The van der Waals surface area contributed by atoms with Crippen molar-refractivity contribution in [3.05, 3.63) is 45.9 Å². The highest BCUT2D eigenvalue weighted by Crippen LogP contribution is 2.26. The normalized spacial score (nSPS) is 10.5. The van der Waals surface area contributed by atoms with E-state index in [1.807, 2.05) is 19.1 Å². The molecule has 0 aliphatic rings. The maximum absolute atomic E-state index is 12.5. The lowest BCUT2D eigenvalue weighted by Crippen LogP contribution is -2.34. The summed E-state index contributed by atoms with van der Waals surface area (Å²) in [6.45, 7) is 1.93. The van der Waals surface area contributed by atoms with Crippen molar-refractivity contribution in [3.63, 3.8) is 0 Å². The van der Waals surface area contributed by atoms with E-state index in [4.69, 9.17) is 17.0 Å². The Morgan fingerprint density at radius 2 is 2.08 bits per heavy atom. The molecule has 9 heteroatoms. The molecule has 0 saturated carbocycles. The number of carbonyl (C=O) groups excluding carboxylic acids is 1. The highest BCUT2D eigenvalue weighted by molar-refractivity contribution is 9.10. The maximum atomic E-state index is 12.5. The lowest BCUT2D eigenvalue weighted by Gasteiger charge is -2.13. The monoisotopic (exact) mass is 436 g/mol. The number of carbonyl (C=O) groups is 1. The number of aromatic nitrogens is 2. The number of thiocarbonyl (C=S) groups is 1. The van der Waals surface area contributed by atoms with Gasteiger partial charge in [-0.25, -0.2) is 0 Å². The molecule has 128 valence electrons. The summed E-state index contributed by atoms with van der Waals surface area (Å²) >= 11 is 9.76. The molecule has 0 spiro atoms. The van der Waals surface area contributed by atoms with Crippen molar-refractivity contribution in [2.45, 2.75) is 6.92 Å². The third kappa shape index (κ3) is 3.78. The van der Waals surface area contributed by atoms with Crippen molar-refractivity contribution in [3.8, 4) is 5.75 Å². The van der Waals surface area contributed by atoms with Crippen LogP contribution in [0, 0.1) is 6.92 Å². The van der Waals surface area contributed by atoms with Crippen molar-refractivity contribution < 1.29 is 9.53 Å². The molecule has 1 aromatic heterocycles. The minimum absolute atomic E-state index is 0.177. The van der Waals surface area contributed by atoms with Gasteiger partial charge < -0.3 is 10.1 Å². The molecular weight excluding hydrogens is 424 g/mol. The van der Waals surface area contributed by atoms with Crippen LogP contribution >= 0.6 is 39.9 Å². The second-order valence-electron chi connectivity index (χ2n) is 5.14. The lowest BCUT2D eigenvalue weighted by molar-refractivity contribution is 0.0974. The van der Waals surface area contributed by atoms with Gasteiger partial charge in [0.05, 0.1) is 30.1 Å². The molecule has 3 aromatic rings. The van der Waals surface area contributed by atoms with Crippen LogP contribution in [0.25, 0.3) is 11.0 Å². The zero-order valence-electron chi connectivity index (χ0n) is 13.3. The molecule has 0 saturated heterocycles.